The molecule has 18 heavy (non-hydrogen) atoms. The molecule has 1 amide bonds. The number of hydrogen-bond donors (Lipinski definition) is 1. The third-order valence-corrected chi connectivity index (χ3v) is 1.84. The predicted octanol–water partition coefficient (Wildman–Crippen LogP) is 0.0108. The molecule has 0 aromatic heterocycles. The van der Waals surface area contributed by atoms with Crippen molar-refractivity contribution in [2.75, 3.05) is 13.2 Å². The fourth-order valence-corrected chi connectivity index (χ4v) is 1.25. The molecule has 0 atom stereocenters. The lowest BCUT2D eigenvalue weighted by molar-refractivity contribution is -0.164. The van der Waals surface area contributed by atoms with Crippen LogP contribution in [0.2, 0.25) is 0 Å². The van der Waals surface area contributed by atoms with Gasteiger partial charge in [0.25, 0.3) is 5.54 Å². The van der Waals surface area contributed by atoms with Crippen LogP contribution in [0.1, 0.15) is 27.7 Å². The molecule has 0 heterocycles. The van der Waals surface area contributed by atoms with Crippen LogP contribution in [0.5, 0.6) is 0 Å². The Kier molecular flexibility index (Phi) is 6.50. The molecule has 0 aliphatic carbocycles. The van der Waals surface area contributed by atoms with Gasteiger partial charge < -0.3 is 14.8 Å². The lowest BCUT2D eigenvalue weighted by Gasteiger charge is -2.24. The first-order valence-corrected chi connectivity index (χ1v) is 5.51. The van der Waals surface area contributed by atoms with Gasteiger partial charge in [0.1, 0.15) is 0 Å². The van der Waals surface area contributed by atoms with Gasteiger partial charge in [0.05, 0.1) is 13.2 Å². The van der Waals surface area contributed by atoms with Crippen LogP contribution in [-0.2, 0) is 23.9 Å². The Morgan fingerprint density at radius 2 is 1.56 bits per heavy atom. The second-order valence-electron chi connectivity index (χ2n) is 3.25. The van der Waals surface area contributed by atoms with E-state index in [1.165, 1.54) is 13.8 Å². The van der Waals surface area contributed by atoms with Gasteiger partial charge in [-0.1, -0.05) is 5.92 Å². The van der Waals surface area contributed by atoms with E-state index in [0.717, 1.165) is 0 Å². The average Bonchev–Trinajstić information content (AvgIpc) is 2.28. The molecular weight excluding hydrogens is 238 g/mol. The average molecular weight is 255 g/mol. The Morgan fingerprint density at radius 3 is 1.83 bits per heavy atom. The van der Waals surface area contributed by atoms with Crippen LogP contribution >= 0.6 is 0 Å². The molecule has 0 saturated carbocycles. The van der Waals surface area contributed by atoms with E-state index in [-0.39, 0.29) is 13.2 Å². The van der Waals surface area contributed by atoms with Gasteiger partial charge in [0.15, 0.2) is 0 Å². The van der Waals surface area contributed by atoms with E-state index in [1.807, 2.05) is 0 Å². The van der Waals surface area contributed by atoms with Crippen molar-refractivity contribution in [1.29, 1.82) is 0 Å². The van der Waals surface area contributed by atoms with Crippen LogP contribution in [0.4, 0.5) is 0 Å². The monoisotopic (exact) mass is 255 g/mol. The second-order valence-corrected chi connectivity index (χ2v) is 3.25. The molecule has 0 aromatic rings. The third kappa shape index (κ3) is 3.77. The number of amides is 1. The van der Waals surface area contributed by atoms with Crippen LogP contribution in [0.25, 0.3) is 0 Å². The van der Waals surface area contributed by atoms with Gasteiger partial charge in [-0.2, -0.15) is 0 Å². The zero-order chi connectivity index (χ0) is 14.2. The molecule has 0 rings (SSSR count). The standard InChI is InChI=1S/C12H17NO5/c1-5-8-12(13-9(4)14,10(15)17-6-2)11(16)18-7-3/h6-7H2,1-4H3,(H,13,14). The van der Waals surface area contributed by atoms with Crippen LogP contribution in [0.3, 0.4) is 0 Å². The molecule has 6 heteroatoms. The van der Waals surface area contributed by atoms with E-state index in [1.54, 1.807) is 13.8 Å². The molecule has 1 N–H and O–H groups in total. The smallest absolute Gasteiger partial charge is 0.356 e. The third-order valence-electron chi connectivity index (χ3n) is 1.84. The maximum absolute atomic E-state index is 11.9. The number of hydrogen-bond acceptors (Lipinski definition) is 5. The minimum atomic E-state index is -2.09. The largest absolute Gasteiger partial charge is 0.463 e. The van der Waals surface area contributed by atoms with E-state index in [0.29, 0.717) is 0 Å². The molecule has 0 aliphatic rings. The number of nitrogens with one attached hydrogen (secondary N) is 1. The fraction of sp³-hybridized carbons (Fsp3) is 0.583. The van der Waals surface area contributed by atoms with Gasteiger partial charge in [-0.15, -0.1) is 5.92 Å². The summed E-state index contributed by atoms with van der Waals surface area (Å²) in [4.78, 5) is 34.9. The zero-order valence-electron chi connectivity index (χ0n) is 11.0. The van der Waals surface area contributed by atoms with Crippen LogP contribution in [-0.4, -0.2) is 36.6 Å². The first kappa shape index (κ1) is 16.0. The Hall–Kier alpha value is -2.03. The van der Waals surface area contributed by atoms with Crippen molar-refractivity contribution in [3.63, 3.8) is 0 Å². The molecule has 0 saturated heterocycles. The molecule has 0 bridgehead atoms. The summed E-state index contributed by atoms with van der Waals surface area (Å²) in [6.07, 6.45) is 0. The van der Waals surface area contributed by atoms with Gasteiger partial charge >= 0.3 is 11.9 Å². The maximum atomic E-state index is 11.9. The summed E-state index contributed by atoms with van der Waals surface area (Å²) >= 11 is 0. The van der Waals surface area contributed by atoms with Gasteiger partial charge in [-0.3, -0.25) is 4.79 Å². The highest BCUT2D eigenvalue weighted by Gasteiger charge is 2.49. The molecule has 0 radical (unpaired) electrons. The molecule has 100 valence electrons. The Morgan fingerprint density at radius 1 is 1.11 bits per heavy atom. The van der Waals surface area contributed by atoms with E-state index < -0.39 is 23.4 Å². The summed E-state index contributed by atoms with van der Waals surface area (Å²) in [6, 6.07) is 0. The van der Waals surface area contributed by atoms with Crippen LogP contribution < -0.4 is 5.32 Å². The van der Waals surface area contributed by atoms with Crippen molar-refractivity contribution in [1.82, 2.24) is 5.32 Å². The van der Waals surface area contributed by atoms with E-state index in [4.69, 9.17) is 9.47 Å². The Balaban J connectivity index is 5.52. The highest BCUT2D eigenvalue weighted by Crippen LogP contribution is 2.10. The highest BCUT2D eigenvalue weighted by molar-refractivity contribution is 6.11. The Bertz CT molecular complexity index is 373. The molecule has 0 spiro atoms. The fourth-order valence-electron chi connectivity index (χ4n) is 1.25. The number of rotatable bonds is 5. The van der Waals surface area contributed by atoms with E-state index >= 15 is 0 Å². The van der Waals surface area contributed by atoms with Crippen molar-refractivity contribution >= 4 is 17.8 Å². The predicted molar refractivity (Wildman–Crippen MR) is 63.3 cm³/mol. The summed E-state index contributed by atoms with van der Waals surface area (Å²) in [5.41, 5.74) is -2.09. The van der Waals surface area contributed by atoms with Gasteiger partial charge in [-0.25, -0.2) is 9.59 Å². The summed E-state index contributed by atoms with van der Waals surface area (Å²) in [7, 11) is 0. The summed E-state index contributed by atoms with van der Waals surface area (Å²) in [6.45, 7) is 5.90. The number of carbonyl (C=O) groups excluding carboxylic acids is 3. The van der Waals surface area contributed by atoms with Gasteiger partial charge in [0.2, 0.25) is 5.91 Å². The number of carbonyl (C=O) groups is 3. The SMILES string of the molecule is CC#CC(NC(C)=O)(C(=O)OCC)C(=O)OCC. The quantitative estimate of drug-likeness (QED) is 0.425. The number of ether oxygens (including phenoxy) is 2. The van der Waals surface area contributed by atoms with Crippen molar-refractivity contribution in [3.05, 3.63) is 0 Å². The Labute approximate surface area is 106 Å². The lowest BCUT2D eigenvalue weighted by Crippen LogP contribution is -2.60. The van der Waals surface area contributed by atoms with Crippen molar-refractivity contribution in [2.24, 2.45) is 0 Å². The molecule has 0 fully saturated rings. The molecule has 6 nitrogen and oxygen atoms in total. The lowest BCUT2D eigenvalue weighted by atomic mass is 10.0. The van der Waals surface area contributed by atoms with Crippen molar-refractivity contribution in [3.8, 4) is 11.8 Å². The topological polar surface area (TPSA) is 81.7 Å². The maximum Gasteiger partial charge on any atom is 0.356 e. The molecular formula is C12H17NO5. The second kappa shape index (κ2) is 7.33. The minimum Gasteiger partial charge on any atom is -0.463 e. The number of esters is 2. The minimum absolute atomic E-state index is 0.0605. The zero-order valence-corrected chi connectivity index (χ0v) is 11.0. The summed E-state index contributed by atoms with van der Waals surface area (Å²) in [5, 5.41) is 2.20. The first-order chi connectivity index (χ1) is 8.44. The molecule has 0 aromatic carbocycles. The van der Waals surface area contributed by atoms with Crippen molar-refractivity contribution in [2.45, 2.75) is 33.2 Å². The van der Waals surface area contributed by atoms with E-state index in [2.05, 4.69) is 17.2 Å². The first-order valence-electron chi connectivity index (χ1n) is 5.51. The summed E-state index contributed by atoms with van der Waals surface area (Å²) in [5.74, 6) is 2.31. The van der Waals surface area contributed by atoms with Gasteiger partial charge in [-0.05, 0) is 20.8 Å². The van der Waals surface area contributed by atoms with Crippen LogP contribution in [0, 0.1) is 11.8 Å². The van der Waals surface area contributed by atoms with E-state index in [9.17, 15) is 14.4 Å². The normalized spacial score (nSPS) is 9.78. The van der Waals surface area contributed by atoms with Crippen LogP contribution in [0.15, 0.2) is 0 Å². The molecule has 0 aliphatic heterocycles. The molecule has 0 unspecified atom stereocenters. The summed E-state index contributed by atoms with van der Waals surface area (Å²) < 4.78 is 9.54. The highest BCUT2D eigenvalue weighted by atomic mass is 16.6. The van der Waals surface area contributed by atoms with Crippen molar-refractivity contribution < 1.29 is 23.9 Å². The van der Waals surface area contributed by atoms with Gasteiger partial charge in [0, 0.05) is 6.92 Å².